The molecule has 0 spiro atoms. The van der Waals surface area contributed by atoms with Crippen molar-refractivity contribution in [1.82, 2.24) is 4.90 Å². The first-order chi connectivity index (χ1) is 10.2. The van der Waals surface area contributed by atoms with Crippen molar-refractivity contribution in [2.45, 2.75) is 44.4 Å². The Morgan fingerprint density at radius 1 is 1.19 bits per heavy atom. The normalized spacial score (nSPS) is 25.2. The molecule has 2 aliphatic rings. The molecule has 112 valence electrons. The molecule has 5 heteroatoms. The monoisotopic (exact) mass is 289 g/mol. The molecule has 1 fully saturated rings. The van der Waals surface area contributed by atoms with Crippen LogP contribution in [0, 0.1) is 0 Å². The van der Waals surface area contributed by atoms with Gasteiger partial charge in [-0.15, -0.1) is 0 Å². The SMILES string of the molecule is O=C(O)[C@H]1Cc2ccccc2CN1C(=O)[C@@H]1CCCCO1. The highest BCUT2D eigenvalue weighted by atomic mass is 16.5. The largest absolute Gasteiger partial charge is 0.480 e. The number of rotatable bonds is 2. The minimum Gasteiger partial charge on any atom is -0.480 e. The highest BCUT2D eigenvalue weighted by Gasteiger charge is 2.38. The standard InChI is InChI=1S/C16H19NO4/c18-15(14-7-3-4-8-21-14)17-10-12-6-2-1-5-11(12)9-13(17)16(19)20/h1-2,5-6,13-14H,3-4,7-10H2,(H,19,20)/t13-,14+/m1/s1. The lowest BCUT2D eigenvalue weighted by atomic mass is 9.93. The molecule has 1 N–H and O–H groups in total. The van der Waals surface area contributed by atoms with Crippen molar-refractivity contribution >= 4 is 11.9 Å². The van der Waals surface area contributed by atoms with Crippen LogP contribution in [0.3, 0.4) is 0 Å². The number of hydrogen-bond donors (Lipinski definition) is 1. The summed E-state index contributed by atoms with van der Waals surface area (Å²) in [5.74, 6) is -1.13. The third kappa shape index (κ3) is 2.78. The van der Waals surface area contributed by atoms with Crippen LogP contribution in [0.1, 0.15) is 30.4 Å². The lowest BCUT2D eigenvalue weighted by Gasteiger charge is -2.37. The van der Waals surface area contributed by atoms with Crippen molar-refractivity contribution in [3.8, 4) is 0 Å². The average Bonchev–Trinajstić information content (AvgIpc) is 2.53. The van der Waals surface area contributed by atoms with Gasteiger partial charge in [0.05, 0.1) is 0 Å². The summed E-state index contributed by atoms with van der Waals surface area (Å²) in [6.07, 6.45) is 2.49. The number of ether oxygens (including phenoxy) is 1. The lowest BCUT2D eigenvalue weighted by molar-refractivity contribution is -0.159. The maximum atomic E-state index is 12.6. The van der Waals surface area contributed by atoms with Crippen LogP contribution in [0.4, 0.5) is 0 Å². The third-order valence-corrected chi connectivity index (χ3v) is 4.27. The van der Waals surface area contributed by atoms with Gasteiger partial charge in [-0.3, -0.25) is 4.79 Å². The molecule has 3 rings (SSSR count). The Morgan fingerprint density at radius 2 is 1.95 bits per heavy atom. The Balaban J connectivity index is 1.85. The molecule has 0 aromatic heterocycles. The van der Waals surface area contributed by atoms with Crippen LogP contribution in [0.2, 0.25) is 0 Å². The van der Waals surface area contributed by atoms with Gasteiger partial charge >= 0.3 is 5.97 Å². The number of benzene rings is 1. The minimum absolute atomic E-state index is 0.184. The number of carboxylic acids is 1. The Hall–Kier alpha value is -1.88. The fourth-order valence-corrected chi connectivity index (χ4v) is 3.10. The number of hydrogen-bond acceptors (Lipinski definition) is 3. The zero-order chi connectivity index (χ0) is 14.8. The molecule has 1 saturated heterocycles. The van der Waals surface area contributed by atoms with E-state index in [4.69, 9.17) is 4.74 Å². The van der Waals surface area contributed by atoms with E-state index < -0.39 is 18.1 Å². The van der Waals surface area contributed by atoms with Crippen molar-refractivity contribution < 1.29 is 19.4 Å². The fraction of sp³-hybridized carbons (Fsp3) is 0.500. The first-order valence-electron chi connectivity index (χ1n) is 7.38. The van der Waals surface area contributed by atoms with Crippen LogP contribution >= 0.6 is 0 Å². The second-order valence-electron chi connectivity index (χ2n) is 5.65. The van der Waals surface area contributed by atoms with Gasteiger partial charge < -0.3 is 14.7 Å². The van der Waals surface area contributed by atoms with Crippen LogP contribution in [0.5, 0.6) is 0 Å². The van der Waals surface area contributed by atoms with E-state index in [0.29, 0.717) is 26.0 Å². The first-order valence-corrected chi connectivity index (χ1v) is 7.38. The molecule has 0 radical (unpaired) electrons. The quantitative estimate of drug-likeness (QED) is 0.898. The van der Waals surface area contributed by atoms with Crippen molar-refractivity contribution in [3.05, 3.63) is 35.4 Å². The second kappa shape index (κ2) is 5.85. The van der Waals surface area contributed by atoms with Crippen molar-refractivity contribution in [2.75, 3.05) is 6.61 Å². The summed E-state index contributed by atoms with van der Waals surface area (Å²) < 4.78 is 5.52. The number of nitrogens with zero attached hydrogens (tertiary/aromatic N) is 1. The van der Waals surface area contributed by atoms with E-state index >= 15 is 0 Å². The molecule has 1 aromatic rings. The number of fused-ring (bicyclic) bond motifs is 1. The molecule has 2 heterocycles. The summed E-state index contributed by atoms with van der Waals surface area (Å²) >= 11 is 0. The van der Waals surface area contributed by atoms with Gasteiger partial charge in [0.1, 0.15) is 12.1 Å². The predicted octanol–water partition coefficient (Wildman–Crippen LogP) is 1.59. The average molecular weight is 289 g/mol. The molecule has 2 atom stereocenters. The molecule has 2 aliphatic heterocycles. The summed E-state index contributed by atoms with van der Waals surface area (Å²) in [5, 5.41) is 9.45. The summed E-state index contributed by atoms with van der Waals surface area (Å²) in [6.45, 7) is 0.935. The maximum Gasteiger partial charge on any atom is 0.326 e. The third-order valence-electron chi connectivity index (χ3n) is 4.27. The molecule has 0 unspecified atom stereocenters. The van der Waals surface area contributed by atoms with Crippen molar-refractivity contribution in [1.29, 1.82) is 0 Å². The molecule has 21 heavy (non-hydrogen) atoms. The van der Waals surface area contributed by atoms with Gasteiger partial charge in [-0.2, -0.15) is 0 Å². The van der Waals surface area contributed by atoms with E-state index in [1.165, 1.54) is 4.90 Å². The molecular formula is C16H19NO4. The van der Waals surface area contributed by atoms with Gasteiger partial charge in [0.15, 0.2) is 0 Å². The summed E-state index contributed by atoms with van der Waals surface area (Å²) in [5.41, 5.74) is 2.04. The molecular weight excluding hydrogens is 270 g/mol. The number of carboxylic acid groups (broad SMARTS) is 1. The number of aliphatic carboxylic acids is 1. The lowest BCUT2D eigenvalue weighted by Crippen LogP contribution is -2.52. The zero-order valence-corrected chi connectivity index (χ0v) is 11.8. The Bertz CT molecular complexity index is 551. The minimum atomic E-state index is -0.950. The van der Waals surface area contributed by atoms with E-state index in [9.17, 15) is 14.7 Å². The topological polar surface area (TPSA) is 66.8 Å². The van der Waals surface area contributed by atoms with Crippen LogP contribution in [0.25, 0.3) is 0 Å². The summed E-state index contributed by atoms with van der Waals surface area (Å²) in [7, 11) is 0. The van der Waals surface area contributed by atoms with Gasteiger partial charge in [0.25, 0.3) is 5.91 Å². The number of carbonyl (C=O) groups is 2. The Labute approximate surface area is 123 Å². The van der Waals surface area contributed by atoms with Crippen LogP contribution in [0.15, 0.2) is 24.3 Å². The van der Waals surface area contributed by atoms with Crippen LogP contribution < -0.4 is 0 Å². The molecule has 0 bridgehead atoms. The molecule has 1 aromatic carbocycles. The molecule has 0 aliphatic carbocycles. The van der Waals surface area contributed by atoms with Crippen LogP contribution in [-0.2, 0) is 27.3 Å². The second-order valence-corrected chi connectivity index (χ2v) is 5.65. The van der Waals surface area contributed by atoms with Gasteiger partial charge in [-0.05, 0) is 30.4 Å². The highest BCUT2D eigenvalue weighted by Crippen LogP contribution is 2.26. The van der Waals surface area contributed by atoms with Gasteiger partial charge in [-0.1, -0.05) is 24.3 Å². The van der Waals surface area contributed by atoms with E-state index in [-0.39, 0.29) is 5.91 Å². The molecule has 0 saturated carbocycles. The van der Waals surface area contributed by atoms with Gasteiger partial charge in [-0.25, -0.2) is 4.79 Å². The van der Waals surface area contributed by atoms with Crippen LogP contribution in [-0.4, -0.2) is 40.6 Å². The van der Waals surface area contributed by atoms with E-state index in [0.717, 1.165) is 24.0 Å². The summed E-state index contributed by atoms with van der Waals surface area (Å²) in [4.78, 5) is 25.6. The van der Waals surface area contributed by atoms with Gasteiger partial charge in [0.2, 0.25) is 0 Å². The number of amides is 1. The maximum absolute atomic E-state index is 12.6. The molecule has 1 amide bonds. The van der Waals surface area contributed by atoms with E-state index in [1.807, 2.05) is 24.3 Å². The van der Waals surface area contributed by atoms with Crippen molar-refractivity contribution in [2.24, 2.45) is 0 Å². The summed E-state index contributed by atoms with van der Waals surface area (Å²) in [6, 6.07) is 6.91. The van der Waals surface area contributed by atoms with E-state index in [1.54, 1.807) is 0 Å². The number of carbonyl (C=O) groups excluding carboxylic acids is 1. The highest BCUT2D eigenvalue weighted by molar-refractivity contribution is 5.87. The Morgan fingerprint density at radius 3 is 2.62 bits per heavy atom. The Kier molecular flexibility index (Phi) is 3.92. The van der Waals surface area contributed by atoms with Gasteiger partial charge in [0, 0.05) is 19.6 Å². The smallest absolute Gasteiger partial charge is 0.326 e. The molecule has 5 nitrogen and oxygen atoms in total. The zero-order valence-electron chi connectivity index (χ0n) is 11.8. The van der Waals surface area contributed by atoms with Crippen molar-refractivity contribution in [3.63, 3.8) is 0 Å². The fourth-order valence-electron chi connectivity index (χ4n) is 3.10. The predicted molar refractivity (Wildman–Crippen MR) is 75.7 cm³/mol. The van der Waals surface area contributed by atoms with E-state index in [2.05, 4.69) is 0 Å². The first kappa shape index (κ1) is 14.1.